The number of hydrogen-bond donors (Lipinski definition) is 0. The third kappa shape index (κ3) is 3.50. The molecule has 0 bridgehead atoms. The number of rotatable bonds is 4. The maximum Gasteiger partial charge on any atom is 0.123 e. The van der Waals surface area contributed by atoms with Gasteiger partial charge in [-0.15, -0.1) is 0 Å². The van der Waals surface area contributed by atoms with Crippen molar-refractivity contribution in [1.29, 1.82) is 0 Å². The molecule has 0 saturated heterocycles. The SMILES string of the molecule is Cc1ccccc1CS(=O)Cc1ccc(F)cc1. The van der Waals surface area contributed by atoms with E-state index in [9.17, 15) is 8.60 Å². The molecule has 0 aromatic heterocycles. The number of hydrogen-bond acceptors (Lipinski definition) is 1. The summed E-state index contributed by atoms with van der Waals surface area (Å²) in [5.74, 6) is 0.752. The highest BCUT2D eigenvalue weighted by Crippen LogP contribution is 2.13. The molecule has 0 amide bonds. The number of aryl methyl sites for hydroxylation is 1. The zero-order valence-electron chi connectivity index (χ0n) is 10.2. The maximum atomic E-state index is 12.7. The van der Waals surface area contributed by atoms with Gasteiger partial charge in [0.05, 0.1) is 0 Å². The topological polar surface area (TPSA) is 17.1 Å². The first kappa shape index (κ1) is 13.0. The Morgan fingerprint density at radius 2 is 1.67 bits per heavy atom. The lowest BCUT2D eigenvalue weighted by Gasteiger charge is -2.06. The van der Waals surface area contributed by atoms with Gasteiger partial charge in [-0.05, 0) is 35.7 Å². The molecule has 2 rings (SSSR count). The second-order valence-electron chi connectivity index (χ2n) is 4.28. The molecule has 3 heteroatoms. The summed E-state index contributed by atoms with van der Waals surface area (Å²) in [5.41, 5.74) is 3.17. The summed E-state index contributed by atoms with van der Waals surface area (Å²) in [4.78, 5) is 0. The quantitative estimate of drug-likeness (QED) is 0.823. The summed E-state index contributed by atoms with van der Waals surface area (Å²) in [5, 5.41) is 0. The van der Waals surface area contributed by atoms with E-state index in [1.54, 1.807) is 12.1 Å². The van der Waals surface area contributed by atoms with Gasteiger partial charge in [0.15, 0.2) is 0 Å². The van der Waals surface area contributed by atoms with Crippen molar-refractivity contribution in [3.63, 3.8) is 0 Å². The van der Waals surface area contributed by atoms with Gasteiger partial charge < -0.3 is 0 Å². The Hall–Kier alpha value is -1.48. The van der Waals surface area contributed by atoms with Crippen LogP contribution in [0, 0.1) is 12.7 Å². The molecule has 1 nitrogen and oxygen atoms in total. The summed E-state index contributed by atoms with van der Waals surface area (Å²) >= 11 is 0. The van der Waals surface area contributed by atoms with Crippen LogP contribution >= 0.6 is 0 Å². The van der Waals surface area contributed by atoms with Crippen molar-refractivity contribution in [2.75, 3.05) is 0 Å². The molecule has 0 spiro atoms. The highest BCUT2D eigenvalue weighted by atomic mass is 32.2. The van der Waals surface area contributed by atoms with Crippen molar-refractivity contribution in [3.8, 4) is 0 Å². The summed E-state index contributed by atoms with van der Waals surface area (Å²) in [6.07, 6.45) is 0. The van der Waals surface area contributed by atoms with Gasteiger partial charge >= 0.3 is 0 Å². The number of halogens is 1. The monoisotopic (exact) mass is 262 g/mol. The Kier molecular flexibility index (Phi) is 4.26. The Balaban J connectivity index is 2.01. The van der Waals surface area contributed by atoms with Gasteiger partial charge in [0, 0.05) is 22.3 Å². The van der Waals surface area contributed by atoms with Crippen LogP contribution in [-0.2, 0) is 22.3 Å². The molecule has 0 fully saturated rings. The lowest BCUT2D eigenvalue weighted by Crippen LogP contribution is -2.01. The molecule has 0 radical (unpaired) electrons. The lowest BCUT2D eigenvalue weighted by molar-refractivity contribution is 0.627. The Morgan fingerprint density at radius 1 is 1.00 bits per heavy atom. The van der Waals surface area contributed by atoms with Gasteiger partial charge in [-0.2, -0.15) is 0 Å². The zero-order valence-corrected chi connectivity index (χ0v) is 11.0. The predicted molar refractivity (Wildman–Crippen MR) is 73.1 cm³/mol. The van der Waals surface area contributed by atoms with Gasteiger partial charge in [0.2, 0.25) is 0 Å². The van der Waals surface area contributed by atoms with Crippen molar-refractivity contribution in [1.82, 2.24) is 0 Å². The van der Waals surface area contributed by atoms with E-state index < -0.39 is 10.8 Å². The summed E-state index contributed by atoms with van der Waals surface area (Å²) < 4.78 is 24.8. The molecule has 94 valence electrons. The van der Waals surface area contributed by atoms with Gasteiger partial charge in [-0.25, -0.2) is 4.39 Å². The van der Waals surface area contributed by atoms with Crippen LogP contribution in [0.4, 0.5) is 4.39 Å². The van der Waals surface area contributed by atoms with Crippen LogP contribution in [0.3, 0.4) is 0 Å². The van der Waals surface area contributed by atoms with E-state index in [-0.39, 0.29) is 5.82 Å². The highest BCUT2D eigenvalue weighted by Gasteiger charge is 2.05. The van der Waals surface area contributed by atoms with Gasteiger partial charge in [0.25, 0.3) is 0 Å². The molecule has 0 aliphatic rings. The molecular formula is C15H15FOS. The normalized spacial score (nSPS) is 12.3. The summed E-state index contributed by atoms with van der Waals surface area (Å²) in [6, 6.07) is 14.1. The predicted octanol–water partition coefficient (Wildman–Crippen LogP) is 3.58. The molecule has 1 unspecified atom stereocenters. The minimum Gasteiger partial charge on any atom is -0.259 e. The van der Waals surface area contributed by atoms with E-state index in [1.807, 2.05) is 31.2 Å². The third-order valence-electron chi connectivity index (χ3n) is 2.82. The van der Waals surface area contributed by atoms with E-state index in [1.165, 1.54) is 12.1 Å². The van der Waals surface area contributed by atoms with Crippen molar-refractivity contribution >= 4 is 10.8 Å². The van der Waals surface area contributed by atoms with Crippen molar-refractivity contribution < 1.29 is 8.60 Å². The number of benzene rings is 2. The molecule has 0 heterocycles. The lowest BCUT2D eigenvalue weighted by atomic mass is 10.1. The fourth-order valence-electron chi connectivity index (χ4n) is 1.76. The molecule has 2 aromatic rings. The van der Waals surface area contributed by atoms with E-state index in [0.29, 0.717) is 11.5 Å². The van der Waals surface area contributed by atoms with Crippen LogP contribution in [0.1, 0.15) is 16.7 Å². The Labute approximate surface area is 109 Å². The smallest absolute Gasteiger partial charge is 0.123 e. The van der Waals surface area contributed by atoms with Crippen LogP contribution in [-0.4, -0.2) is 4.21 Å². The Morgan fingerprint density at radius 3 is 2.33 bits per heavy atom. The van der Waals surface area contributed by atoms with Gasteiger partial charge in [-0.1, -0.05) is 36.4 Å². The molecular weight excluding hydrogens is 247 g/mol. The molecule has 0 saturated carbocycles. The molecule has 1 atom stereocenters. The summed E-state index contributed by atoms with van der Waals surface area (Å²) in [6.45, 7) is 2.02. The Bertz CT molecular complexity index is 549. The van der Waals surface area contributed by atoms with Gasteiger partial charge in [0.1, 0.15) is 5.82 Å². The summed E-state index contributed by atoms with van der Waals surface area (Å²) in [7, 11) is -0.961. The third-order valence-corrected chi connectivity index (χ3v) is 4.11. The van der Waals surface area contributed by atoms with Crippen LogP contribution in [0.25, 0.3) is 0 Å². The second-order valence-corrected chi connectivity index (χ2v) is 5.74. The molecule has 2 aromatic carbocycles. The van der Waals surface area contributed by atoms with E-state index in [4.69, 9.17) is 0 Å². The maximum absolute atomic E-state index is 12.7. The van der Waals surface area contributed by atoms with Crippen molar-refractivity contribution in [2.24, 2.45) is 0 Å². The van der Waals surface area contributed by atoms with Crippen LogP contribution in [0.5, 0.6) is 0 Å². The minimum atomic E-state index is -0.961. The largest absolute Gasteiger partial charge is 0.259 e. The van der Waals surface area contributed by atoms with Crippen LogP contribution < -0.4 is 0 Å². The van der Waals surface area contributed by atoms with Crippen molar-refractivity contribution in [3.05, 3.63) is 71.0 Å². The van der Waals surface area contributed by atoms with E-state index in [0.717, 1.165) is 16.7 Å². The van der Waals surface area contributed by atoms with E-state index >= 15 is 0 Å². The first-order valence-corrected chi connectivity index (χ1v) is 7.28. The molecule has 0 aliphatic carbocycles. The highest BCUT2D eigenvalue weighted by molar-refractivity contribution is 7.83. The molecule has 0 N–H and O–H groups in total. The molecule has 18 heavy (non-hydrogen) atoms. The van der Waals surface area contributed by atoms with Gasteiger partial charge in [-0.3, -0.25) is 4.21 Å². The molecule has 0 aliphatic heterocycles. The fourth-order valence-corrected chi connectivity index (χ4v) is 3.10. The first-order chi connectivity index (χ1) is 8.65. The fraction of sp³-hybridized carbons (Fsp3) is 0.200. The van der Waals surface area contributed by atoms with Crippen LogP contribution in [0.15, 0.2) is 48.5 Å². The average Bonchev–Trinajstić information content (AvgIpc) is 2.35. The minimum absolute atomic E-state index is 0.261. The van der Waals surface area contributed by atoms with E-state index in [2.05, 4.69) is 0 Å². The average molecular weight is 262 g/mol. The van der Waals surface area contributed by atoms with Crippen LogP contribution in [0.2, 0.25) is 0 Å². The standard InChI is InChI=1S/C15H15FOS/c1-12-4-2-3-5-14(12)11-18(17)10-13-6-8-15(16)9-7-13/h2-9H,10-11H2,1H3. The van der Waals surface area contributed by atoms with Crippen molar-refractivity contribution in [2.45, 2.75) is 18.4 Å². The zero-order chi connectivity index (χ0) is 13.0. The second kappa shape index (κ2) is 5.91. The first-order valence-electron chi connectivity index (χ1n) is 5.79.